The Kier molecular flexibility index (Phi) is 8.26. The highest BCUT2D eigenvalue weighted by Crippen LogP contribution is 2.31. The summed E-state index contributed by atoms with van der Waals surface area (Å²) in [6.07, 6.45) is 1.32. The number of barbiturate groups is 1. The van der Waals surface area contributed by atoms with Gasteiger partial charge in [-0.25, -0.2) is 14.1 Å². The topological polar surface area (TPSA) is 114 Å². The summed E-state index contributed by atoms with van der Waals surface area (Å²) < 4.78 is 24.3. The zero-order valence-electron chi connectivity index (χ0n) is 20.9. The number of hydrogen-bond donors (Lipinski definition) is 2. The fourth-order valence-corrected chi connectivity index (χ4v) is 3.91. The number of urea groups is 1. The lowest BCUT2D eigenvalue weighted by Gasteiger charge is -2.27. The van der Waals surface area contributed by atoms with Gasteiger partial charge in [0.05, 0.1) is 12.3 Å². The number of halogens is 2. The average Bonchev–Trinajstić information content (AvgIpc) is 2.89. The van der Waals surface area contributed by atoms with Gasteiger partial charge in [-0.1, -0.05) is 23.7 Å². The minimum atomic E-state index is -0.884. The monoisotopic (exact) mass is 551 g/mol. The van der Waals surface area contributed by atoms with Gasteiger partial charge in [0.25, 0.3) is 17.7 Å². The van der Waals surface area contributed by atoms with E-state index < -0.39 is 29.6 Å². The van der Waals surface area contributed by atoms with Crippen LogP contribution in [0.5, 0.6) is 11.5 Å². The lowest BCUT2D eigenvalue weighted by atomic mass is 10.1. The molecule has 0 aromatic heterocycles. The Balaban J connectivity index is 1.55. The van der Waals surface area contributed by atoms with Gasteiger partial charge in [-0.3, -0.25) is 19.7 Å². The number of hydrogen-bond acceptors (Lipinski definition) is 6. The molecule has 0 radical (unpaired) electrons. The molecule has 0 saturated carbocycles. The van der Waals surface area contributed by atoms with Crippen LogP contribution in [0, 0.1) is 12.7 Å². The zero-order valence-corrected chi connectivity index (χ0v) is 21.7. The molecule has 2 N–H and O–H groups in total. The molecule has 0 bridgehead atoms. The molecular formula is C28H23ClFN3O6. The molecule has 39 heavy (non-hydrogen) atoms. The fourth-order valence-electron chi connectivity index (χ4n) is 3.74. The molecule has 0 aliphatic carbocycles. The third-order valence-corrected chi connectivity index (χ3v) is 5.81. The van der Waals surface area contributed by atoms with Crippen LogP contribution in [0.4, 0.5) is 20.6 Å². The number of anilines is 2. The van der Waals surface area contributed by atoms with Crippen LogP contribution in [0.25, 0.3) is 6.08 Å². The van der Waals surface area contributed by atoms with Gasteiger partial charge in [-0.15, -0.1) is 0 Å². The molecule has 200 valence electrons. The van der Waals surface area contributed by atoms with Gasteiger partial charge < -0.3 is 14.8 Å². The Morgan fingerprint density at radius 2 is 1.77 bits per heavy atom. The van der Waals surface area contributed by atoms with Crippen molar-refractivity contribution in [2.24, 2.45) is 0 Å². The number of carbonyl (C=O) groups is 4. The summed E-state index contributed by atoms with van der Waals surface area (Å²) >= 11 is 6.06. The van der Waals surface area contributed by atoms with Crippen molar-refractivity contribution >= 4 is 52.8 Å². The molecule has 4 rings (SSSR count). The third-order valence-electron chi connectivity index (χ3n) is 5.58. The maximum Gasteiger partial charge on any atom is 0.335 e. The fraction of sp³-hybridized carbons (Fsp3) is 0.143. The van der Waals surface area contributed by atoms with Crippen molar-refractivity contribution in [2.75, 3.05) is 23.4 Å². The van der Waals surface area contributed by atoms with Gasteiger partial charge in [-0.2, -0.15) is 0 Å². The summed E-state index contributed by atoms with van der Waals surface area (Å²) in [4.78, 5) is 51.5. The van der Waals surface area contributed by atoms with E-state index >= 15 is 0 Å². The maximum atomic E-state index is 13.3. The highest BCUT2D eigenvalue weighted by atomic mass is 35.5. The van der Waals surface area contributed by atoms with Crippen LogP contribution in [0.3, 0.4) is 0 Å². The summed E-state index contributed by atoms with van der Waals surface area (Å²) in [5.41, 5.74) is 1.41. The number of benzene rings is 3. The number of nitrogens with one attached hydrogen (secondary N) is 2. The molecule has 1 fully saturated rings. The standard InChI is InChI=1S/C28H23ClFN3O6/c1-3-38-24-13-17(5-11-23(24)39-15-25(34)31-20-9-7-19(30)8-10-20)12-21-26(35)32-28(37)33(27(21)36)22-14-18(29)6-4-16(22)2/h4-14H,3,15H2,1-2H3,(H,31,34)(H,32,35,37)/b21-12+. The smallest absolute Gasteiger partial charge is 0.335 e. The summed E-state index contributed by atoms with van der Waals surface area (Å²) in [6, 6.07) is 13.8. The first-order chi connectivity index (χ1) is 18.7. The van der Waals surface area contributed by atoms with Crippen molar-refractivity contribution in [1.29, 1.82) is 0 Å². The number of ether oxygens (including phenoxy) is 2. The van der Waals surface area contributed by atoms with Crippen molar-refractivity contribution in [3.8, 4) is 11.5 Å². The minimum absolute atomic E-state index is 0.249. The number of aryl methyl sites for hydroxylation is 1. The van der Waals surface area contributed by atoms with Crippen molar-refractivity contribution in [3.63, 3.8) is 0 Å². The van der Waals surface area contributed by atoms with E-state index in [1.165, 1.54) is 48.5 Å². The molecule has 1 saturated heterocycles. The van der Waals surface area contributed by atoms with E-state index in [1.807, 2.05) is 0 Å². The van der Waals surface area contributed by atoms with Crippen LogP contribution in [0.15, 0.2) is 66.2 Å². The van der Waals surface area contributed by atoms with Crippen molar-refractivity contribution in [3.05, 3.63) is 88.2 Å². The van der Waals surface area contributed by atoms with Gasteiger partial charge in [0.1, 0.15) is 11.4 Å². The zero-order chi connectivity index (χ0) is 28.1. The molecule has 0 spiro atoms. The van der Waals surface area contributed by atoms with Crippen LogP contribution in [0.1, 0.15) is 18.1 Å². The number of rotatable bonds is 8. The van der Waals surface area contributed by atoms with Crippen LogP contribution in [0.2, 0.25) is 5.02 Å². The summed E-state index contributed by atoms with van der Waals surface area (Å²) in [5, 5.41) is 5.09. The van der Waals surface area contributed by atoms with Crippen LogP contribution >= 0.6 is 11.6 Å². The maximum absolute atomic E-state index is 13.3. The Hall–Kier alpha value is -4.70. The summed E-state index contributed by atoms with van der Waals surface area (Å²) in [6.45, 7) is 3.38. The molecule has 5 amide bonds. The normalized spacial score (nSPS) is 14.3. The average molecular weight is 552 g/mol. The number of carbonyl (C=O) groups excluding carboxylic acids is 4. The molecule has 11 heteroatoms. The van der Waals surface area contributed by atoms with Crippen LogP contribution in [-0.2, 0) is 14.4 Å². The molecular weight excluding hydrogens is 529 g/mol. The van der Waals surface area contributed by atoms with Gasteiger partial charge in [0, 0.05) is 10.7 Å². The molecule has 3 aromatic carbocycles. The second kappa shape index (κ2) is 11.8. The van der Waals surface area contributed by atoms with E-state index in [1.54, 1.807) is 32.0 Å². The predicted molar refractivity (Wildman–Crippen MR) is 143 cm³/mol. The molecule has 1 heterocycles. The molecule has 1 aliphatic heterocycles. The van der Waals surface area contributed by atoms with Crippen LogP contribution in [-0.4, -0.2) is 37.0 Å². The van der Waals surface area contributed by atoms with Crippen molar-refractivity contribution in [1.82, 2.24) is 5.32 Å². The first-order valence-electron chi connectivity index (χ1n) is 11.8. The van der Waals surface area contributed by atoms with E-state index in [2.05, 4.69) is 10.6 Å². The van der Waals surface area contributed by atoms with Gasteiger partial charge in [0.15, 0.2) is 18.1 Å². The van der Waals surface area contributed by atoms with Crippen molar-refractivity contribution < 1.29 is 33.0 Å². The van der Waals surface area contributed by atoms with Crippen molar-refractivity contribution in [2.45, 2.75) is 13.8 Å². The number of amides is 5. The SMILES string of the molecule is CCOc1cc(/C=C2\C(=O)NC(=O)N(c3cc(Cl)ccc3C)C2=O)ccc1OCC(=O)Nc1ccc(F)cc1. The van der Waals surface area contributed by atoms with Gasteiger partial charge in [-0.05, 0) is 79.6 Å². The van der Waals surface area contributed by atoms with Gasteiger partial charge >= 0.3 is 6.03 Å². The predicted octanol–water partition coefficient (Wildman–Crippen LogP) is 4.87. The second-order valence-corrected chi connectivity index (χ2v) is 8.81. The lowest BCUT2D eigenvalue weighted by Crippen LogP contribution is -2.54. The molecule has 0 unspecified atom stereocenters. The van der Waals surface area contributed by atoms with E-state index in [4.69, 9.17) is 21.1 Å². The largest absolute Gasteiger partial charge is 0.490 e. The number of imide groups is 2. The number of nitrogens with zero attached hydrogens (tertiary/aromatic N) is 1. The Labute approximate surface area is 228 Å². The van der Waals surface area contributed by atoms with E-state index in [0.29, 0.717) is 21.8 Å². The Morgan fingerprint density at radius 3 is 2.49 bits per heavy atom. The quantitative estimate of drug-likeness (QED) is 0.305. The molecule has 9 nitrogen and oxygen atoms in total. The molecule has 3 aromatic rings. The van der Waals surface area contributed by atoms with E-state index in [0.717, 1.165) is 4.90 Å². The first-order valence-corrected chi connectivity index (χ1v) is 12.2. The summed E-state index contributed by atoms with van der Waals surface area (Å²) in [7, 11) is 0. The van der Waals surface area contributed by atoms with Crippen LogP contribution < -0.4 is 25.0 Å². The highest BCUT2D eigenvalue weighted by Gasteiger charge is 2.37. The second-order valence-electron chi connectivity index (χ2n) is 8.37. The minimum Gasteiger partial charge on any atom is -0.490 e. The van der Waals surface area contributed by atoms with Gasteiger partial charge in [0.2, 0.25) is 0 Å². The Bertz CT molecular complexity index is 1490. The molecule has 1 aliphatic rings. The first kappa shape index (κ1) is 27.3. The summed E-state index contributed by atoms with van der Waals surface area (Å²) in [5.74, 6) is -2.04. The van der Waals surface area contributed by atoms with E-state index in [9.17, 15) is 23.6 Å². The van der Waals surface area contributed by atoms with E-state index in [-0.39, 0.29) is 36.0 Å². The molecule has 0 atom stereocenters. The Morgan fingerprint density at radius 1 is 1.03 bits per heavy atom. The lowest BCUT2D eigenvalue weighted by molar-refractivity contribution is -0.122. The highest BCUT2D eigenvalue weighted by molar-refractivity contribution is 6.39. The third kappa shape index (κ3) is 6.42.